The maximum atomic E-state index is 14.3. The predicted molar refractivity (Wildman–Crippen MR) is 503 cm³/mol. The molecule has 8 amide bonds. The number of ether oxygens (including phenoxy) is 3. The summed E-state index contributed by atoms with van der Waals surface area (Å²) in [5.74, 6) is 2.52. The zero-order chi connectivity index (χ0) is 105. The quantitative estimate of drug-likeness (QED) is 0.0125. The fraction of sp³-hybridized carbons (Fsp3) is 0.775. The largest absolute Gasteiger partial charge is 0.490 e. The summed E-state index contributed by atoms with van der Waals surface area (Å²) in [6, 6.07) is -7.83. The standard InChI is InChI=1S/C47H75N6O24P3S2.C33H55N2O19P3S2/c1-29(54)24-34(43(60)51-35(47(64)65)25-42(58)59)50-45(62)37-15-8-21-53(37)46(63)33(13-5-6-19-48-30(2)55)49-44(61)36-14-7-20-52(36)41(57)18-23-81-82-28-73-22-9-11-31-10-3-4-12-32(17-16-31)39-26-38(56)40(75-39)27-74-79(69,70)77-80(71,72)76-78(66,67)68;1-2-26(33(42)43)35-32(41)24(19-31(39)40)18-25(36)11-5-6-16-58-59-17-14-30(38)34-15-7-9-22-8-3-4-10-23(13-12-22)28-20-27(37)29(52-28)21-51-56(47,48)54-57(49,50)53-55(44,45)46/h31-40,56H,3-8,10,12-28H2,1-2H3,(H,48,55)(H,49,61)(H,50,62)(H,51,60)(H,58,59)(H,64,65)(H,69,70)(H,71,72)(H2,66,67,68);22-24,26-29,37H,2-6,8,10-21H2,1H3,(H,34,38)(H,35,41)(H,39,40)(H,42,43)(H,47,48)(H,49,50)(H2,44,45,46). The van der Waals surface area contributed by atoms with Crippen molar-refractivity contribution in [3.05, 3.63) is 0 Å². The minimum Gasteiger partial charge on any atom is -0.481 e. The number of carbonyl (C=O) groups is 14. The highest BCUT2D eigenvalue weighted by Crippen LogP contribution is 2.68. The lowest BCUT2D eigenvalue weighted by molar-refractivity contribution is -0.147. The normalized spacial score (nSPS) is 24.4. The maximum absolute atomic E-state index is 14.3. The molecule has 4 aliphatic heterocycles. The highest BCUT2D eigenvalue weighted by Gasteiger charge is 2.48. The van der Waals surface area contributed by atoms with E-state index in [4.69, 9.17) is 49.1 Å². The van der Waals surface area contributed by atoms with Crippen LogP contribution in [-0.4, -0.2) is 304 Å². The van der Waals surface area contributed by atoms with Crippen molar-refractivity contribution in [2.24, 2.45) is 29.6 Å². The number of likely N-dealkylation sites (tertiary alicyclic amines) is 2. The molecule has 21 unspecified atom stereocenters. The van der Waals surface area contributed by atoms with Crippen LogP contribution in [-0.2, 0) is 135 Å². The molecule has 2 aliphatic carbocycles. The molecule has 6 rings (SSSR count). The average Bonchev–Trinajstić information content (AvgIpc) is 1.70. The van der Waals surface area contributed by atoms with Crippen molar-refractivity contribution >= 4 is 173 Å². The first kappa shape index (κ1) is 126. The molecular weight excluding hydrogens is 2080 g/mol. The van der Waals surface area contributed by atoms with Crippen LogP contribution in [0.1, 0.15) is 220 Å². The third kappa shape index (κ3) is 51.1. The number of nitrogens with zero attached hydrogens (tertiary/aromatic N) is 2. The zero-order valence-electron chi connectivity index (χ0n) is 77.8. The molecule has 0 radical (unpaired) electrons. The summed E-state index contributed by atoms with van der Waals surface area (Å²) < 4.78 is 111. The molecule has 0 aromatic rings. The lowest BCUT2D eigenvalue weighted by atomic mass is 9.82. The molecular formula is C80H130N8O43P6S4. The molecule has 2 saturated carbocycles. The van der Waals surface area contributed by atoms with Crippen molar-refractivity contribution < 1.29 is 205 Å². The van der Waals surface area contributed by atoms with Crippen molar-refractivity contribution in [3.8, 4) is 23.7 Å². The summed E-state index contributed by atoms with van der Waals surface area (Å²) in [5, 5.41) is 72.9. The summed E-state index contributed by atoms with van der Waals surface area (Å²) in [7, 11) is -27.4. The second kappa shape index (κ2) is 63.1. The van der Waals surface area contributed by atoms with Gasteiger partial charge in [0.1, 0.15) is 72.6 Å². The fourth-order valence-electron chi connectivity index (χ4n) is 16.2. The van der Waals surface area contributed by atoms with E-state index in [1.807, 2.05) is 5.32 Å². The van der Waals surface area contributed by atoms with Crippen molar-refractivity contribution in [1.29, 1.82) is 0 Å². The second-order valence-corrected chi connectivity index (χ2v) is 48.2. The van der Waals surface area contributed by atoms with Crippen LogP contribution in [0.25, 0.3) is 0 Å². The number of phosphoric acid groups is 6. The van der Waals surface area contributed by atoms with Gasteiger partial charge in [0.15, 0.2) is 0 Å². The van der Waals surface area contributed by atoms with Crippen molar-refractivity contribution in [2.75, 3.05) is 69.2 Å². The van der Waals surface area contributed by atoms with Crippen molar-refractivity contribution in [1.82, 2.24) is 41.7 Å². The number of carbonyl (C=O) groups excluding carboxylic acids is 10. The van der Waals surface area contributed by atoms with E-state index in [-0.39, 0.29) is 131 Å². The van der Waals surface area contributed by atoms with Crippen LogP contribution in [0.15, 0.2) is 0 Å². The third-order valence-electron chi connectivity index (χ3n) is 23.0. The van der Waals surface area contributed by atoms with Gasteiger partial charge in [-0.25, -0.2) is 37.0 Å². The molecule has 0 bridgehead atoms. The van der Waals surface area contributed by atoms with Gasteiger partial charge in [-0.15, -0.1) is 0 Å². The highest BCUT2D eigenvalue weighted by molar-refractivity contribution is 8.77. The Morgan fingerprint density at radius 1 is 0.475 bits per heavy atom. The molecule has 141 heavy (non-hydrogen) atoms. The highest BCUT2D eigenvalue weighted by atomic mass is 33.1. The van der Waals surface area contributed by atoms with Crippen LogP contribution in [0.3, 0.4) is 0 Å². The Morgan fingerprint density at radius 3 is 1.49 bits per heavy atom. The maximum Gasteiger partial charge on any atom is 0.490 e. The van der Waals surface area contributed by atoms with Crippen LogP contribution >= 0.6 is 90.1 Å². The van der Waals surface area contributed by atoms with E-state index in [1.165, 1.54) is 49.1 Å². The Labute approximate surface area is 829 Å². The van der Waals surface area contributed by atoms with Gasteiger partial charge in [-0.3, -0.25) is 66.6 Å². The molecule has 0 aromatic carbocycles. The molecule has 6 aliphatic rings. The predicted octanol–water partition coefficient (Wildman–Crippen LogP) is 4.99. The minimum absolute atomic E-state index is 0.0128. The number of nitrogens with one attached hydrogen (secondary N) is 6. The lowest BCUT2D eigenvalue weighted by Crippen LogP contribution is -2.58. The molecule has 0 aromatic heterocycles. The molecule has 802 valence electrons. The van der Waals surface area contributed by atoms with Gasteiger partial charge in [-0.2, -0.15) is 17.2 Å². The molecule has 4 saturated heterocycles. The molecule has 20 N–H and O–H groups in total. The SMILES string of the molecule is CC(=O)CC(NC(=O)C1CCCN1C(=O)C(CCCCNC(C)=O)NC(=O)C1CCCN1C(=O)CCSSCOCC#CC1CCCCC(C2CC(O)C(COP(=O)(O)OP(=O)(O)OP(=O)(O)O)O2)CC1)C(=O)NC(CC(=O)O)C(=O)O.CCC(NC(=O)C(CC(=O)O)CC(=O)CCCCSSCCC(=O)NCC#CC1CCCCC(C2CC(O)C(COP(=O)(O)OP(=O)(O)OP(=O)(O)O)O2)CC1)C(=O)O. The molecule has 0 spiro atoms. The molecule has 6 fully saturated rings. The van der Waals surface area contributed by atoms with Gasteiger partial charge in [0.2, 0.25) is 47.3 Å². The van der Waals surface area contributed by atoms with Gasteiger partial charge >= 0.3 is 70.8 Å². The van der Waals surface area contributed by atoms with Gasteiger partial charge in [0, 0.05) is 101 Å². The number of hydrogen-bond acceptors (Lipinski definition) is 35. The molecule has 51 nitrogen and oxygen atoms in total. The van der Waals surface area contributed by atoms with Crippen LogP contribution < -0.4 is 31.9 Å². The number of phosphoric ester groups is 2. The molecule has 61 heteroatoms. The van der Waals surface area contributed by atoms with Crippen LogP contribution in [0, 0.1) is 53.3 Å². The van der Waals surface area contributed by atoms with Gasteiger partial charge in [0.05, 0.1) is 62.9 Å². The van der Waals surface area contributed by atoms with Crippen LogP contribution in [0.5, 0.6) is 0 Å². The number of carboxylic acid groups (broad SMARTS) is 4. The number of hydrogen-bond donors (Lipinski definition) is 20. The number of aliphatic carboxylic acids is 4. The first-order valence-electron chi connectivity index (χ1n) is 45.6. The van der Waals surface area contributed by atoms with E-state index < -0.39 is 217 Å². The van der Waals surface area contributed by atoms with E-state index in [0.29, 0.717) is 81.7 Å². The Morgan fingerprint density at radius 2 is 0.972 bits per heavy atom. The van der Waals surface area contributed by atoms with Gasteiger partial charge in [-0.05, 0) is 134 Å². The first-order valence-corrected chi connectivity index (χ1v) is 59.7. The van der Waals surface area contributed by atoms with Crippen LogP contribution in [0.4, 0.5) is 0 Å². The second-order valence-electron chi connectivity index (χ2n) is 34.2. The van der Waals surface area contributed by atoms with Crippen molar-refractivity contribution in [3.63, 3.8) is 0 Å². The van der Waals surface area contributed by atoms with Crippen LogP contribution in [0.2, 0.25) is 0 Å². The number of aliphatic hydroxyl groups excluding tert-OH is 2. The fourth-order valence-corrected chi connectivity index (χ4v) is 26.0. The number of unbranched alkanes of at least 4 members (excludes halogenated alkanes) is 2. The van der Waals surface area contributed by atoms with Gasteiger partial charge in [-0.1, -0.05) is 99.5 Å². The summed E-state index contributed by atoms with van der Waals surface area (Å²) in [6.07, 6.45) is 6.66. The number of ketones is 2. The monoisotopic (exact) mass is 2200 g/mol. The van der Waals surface area contributed by atoms with Gasteiger partial charge in [0.25, 0.3) is 0 Å². The Balaban J connectivity index is 0.000000525. The topological polar surface area (TPSA) is 786 Å². The number of carboxylic acids is 4. The zero-order valence-corrected chi connectivity index (χ0v) is 86.5. The summed E-state index contributed by atoms with van der Waals surface area (Å²) in [5.41, 5.74) is 0. The van der Waals surface area contributed by atoms with E-state index in [2.05, 4.69) is 76.6 Å². The summed E-state index contributed by atoms with van der Waals surface area (Å²) >= 11 is 0. The number of amides is 8. The average molecular weight is 2210 g/mol. The minimum atomic E-state index is -5.70. The van der Waals surface area contributed by atoms with E-state index in [9.17, 15) is 129 Å². The Kier molecular flexibility index (Phi) is 56.2. The number of aliphatic hydroxyl groups is 2. The van der Waals surface area contributed by atoms with Gasteiger partial charge < -0.3 is 126 Å². The summed E-state index contributed by atoms with van der Waals surface area (Å²) in [4.78, 5) is 250. The lowest BCUT2D eigenvalue weighted by Gasteiger charge is -2.31. The Bertz CT molecular complexity index is 4640. The molecule has 21 atom stereocenters. The number of Topliss-reactive ketones (excluding diaryl/α,β-unsaturated/α-hetero) is 2. The summed E-state index contributed by atoms with van der Waals surface area (Å²) in [6.45, 7) is 3.64. The molecule has 4 heterocycles. The van der Waals surface area contributed by atoms with E-state index >= 15 is 0 Å². The van der Waals surface area contributed by atoms with E-state index in [1.54, 1.807) is 17.7 Å². The third-order valence-corrected chi connectivity index (χ3v) is 35.1. The van der Waals surface area contributed by atoms with E-state index in [0.717, 1.165) is 77.6 Å². The van der Waals surface area contributed by atoms with Crippen molar-refractivity contribution in [2.45, 2.75) is 293 Å². The first-order chi connectivity index (χ1) is 66.1. The number of rotatable bonds is 58. The smallest absolute Gasteiger partial charge is 0.481 e. The Hall–Kier alpha value is -5.88.